The molecule has 0 bridgehead atoms. The van der Waals surface area contributed by atoms with Gasteiger partial charge in [-0.2, -0.15) is 0 Å². The van der Waals surface area contributed by atoms with Gasteiger partial charge in [-0.15, -0.1) is 0 Å². The number of hydrogen-bond acceptors (Lipinski definition) is 2. The van der Waals surface area contributed by atoms with Gasteiger partial charge in [0.25, 0.3) is 0 Å². The summed E-state index contributed by atoms with van der Waals surface area (Å²) >= 11 is 0. The van der Waals surface area contributed by atoms with Crippen LogP contribution in [0.5, 0.6) is 0 Å². The highest BCUT2D eigenvalue weighted by atomic mass is 19.3. The van der Waals surface area contributed by atoms with Crippen molar-refractivity contribution in [2.45, 2.75) is 26.1 Å². The number of alkyl halides is 2. The van der Waals surface area contributed by atoms with Crippen molar-refractivity contribution in [3.8, 4) is 0 Å². The van der Waals surface area contributed by atoms with Crippen molar-refractivity contribution in [3.05, 3.63) is 0 Å². The van der Waals surface area contributed by atoms with Crippen LogP contribution in [0.25, 0.3) is 0 Å². The van der Waals surface area contributed by atoms with Crippen LogP contribution in [-0.2, 0) is 9.47 Å². The van der Waals surface area contributed by atoms with E-state index in [1.54, 1.807) is 13.8 Å². The third-order valence-corrected chi connectivity index (χ3v) is 1.65. The quantitative estimate of drug-likeness (QED) is 0.589. The van der Waals surface area contributed by atoms with Crippen molar-refractivity contribution in [1.82, 2.24) is 0 Å². The van der Waals surface area contributed by atoms with Crippen LogP contribution in [0, 0.1) is 5.92 Å². The molecule has 1 fully saturated rings. The van der Waals surface area contributed by atoms with Gasteiger partial charge in [0, 0.05) is 0 Å². The van der Waals surface area contributed by atoms with Crippen molar-refractivity contribution in [2.24, 2.45) is 5.92 Å². The molecule has 0 spiro atoms. The zero-order valence-corrected chi connectivity index (χ0v) is 6.64. The second-order valence-electron chi connectivity index (χ2n) is 3.12. The van der Waals surface area contributed by atoms with Gasteiger partial charge in [-0.3, -0.25) is 0 Å². The van der Waals surface area contributed by atoms with Crippen LogP contribution in [0.2, 0.25) is 0 Å². The molecular weight excluding hydrogens is 154 g/mol. The van der Waals surface area contributed by atoms with E-state index < -0.39 is 18.1 Å². The third-order valence-electron chi connectivity index (χ3n) is 1.65. The molecule has 0 radical (unpaired) electrons. The molecule has 0 aromatic carbocycles. The van der Waals surface area contributed by atoms with Crippen molar-refractivity contribution in [2.75, 3.05) is 13.2 Å². The van der Waals surface area contributed by atoms with E-state index in [0.29, 0.717) is 0 Å². The lowest BCUT2D eigenvalue weighted by molar-refractivity contribution is -0.274. The molecule has 0 saturated carbocycles. The SMILES string of the molecule is CC1(C)OCC(C(F)F)CO1. The van der Waals surface area contributed by atoms with E-state index in [2.05, 4.69) is 0 Å². The molecule has 1 heterocycles. The first kappa shape index (κ1) is 8.87. The predicted molar refractivity (Wildman–Crippen MR) is 35.5 cm³/mol. The van der Waals surface area contributed by atoms with Gasteiger partial charge in [0.15, 0.2) is 5.79 Å². The zero-order valence-electron chi connectivity index (χ0n) is 6.64. The molecule has 0 atom stereocenters. The largest absolute Gasteiger partial charge is 0.350 e. The Kier molecular flexibility index (Phi) is 2.44. The summed E-state index contributed by atoms with van der Waals surface area (Å²) in [6, 6.07) is 0. The Balaban J connectivity index is 2.36. The molecule has 2 nitrogen and oxygen atoms in total. The summed E-state index contributed by atoms with van der Waals surface area (Å²) < 4.78 is 34.1. The molecule has 0 aromatic heterocycles. The maximum absolute atomic E-state index is 12.0. The molecule has 0 amide bonds. The molecular formula is C7H12F2O2. The van der Waals surface area contributed by atoms with E-state index in [4.69, 9.17) is 9.47 Å². The lowest BCUT2D eigenvalue weighted by Crippen LogP contribution is -2.41. The summed E-state index contributed by atoms with van der Waals surface area (Å²) in [6.07, 6.45) is -2.34. The molecule has 0 N–H and O–H groups in total. The van der Waals surface area contributed by atoms with Crippen LogP contribution in [0.4, 0.5) is 8.78 Å². The average molecular weight is 166 g/mol. The molecule has 0 aromatic rings. The molecule has 0 unspecified atom stereocenters. The van der Waals surface area contributed by atoms with Crippen molar-refractivity contribution < 1.29 is 18.3 Å². The van der Waals surface area contributed by atoms with E-state index in [9.17, 15) is 8.78 Å². The van der Waals surface area contributed by atoms with Crippen molar-refractivity contribution >= 4 is 0 Å². The van der Waals surface area contributed by atoms with E-state index >= 15 is 0 Å². The second kappa shape index (κ2) is 3.03. The van der Waals surface area contributed by atoms with Crippen LogP contribution in [0.1, 0.15) is 13.8 Å². The fourth-order valence-corrected chi connectivity index (χ4v) is 0.851. The number of halogens is 2. The summed E-state index contributed by atoms with van der Waals surface area (Å²) in [5.41, 5.74) is 0. The van der Waals surface area contributed by atoms with Crippen LogP contribution in [0.15, 0.2) is 0 Å². The standard InChI is InChI=1S/C7H12F2O2/c1-7(2)10-3-5(4-11-7)6(8)9/h5-6H,3-4H2,1-2H3. The van der Waals surface area contributed by atoms with Crippen LogP contribution in [-0.4, -0.2) is 25.4 Å². The summed E-state index contributed by atoms with van der Waals surface area (Å²) in [5.74, 6) is -1.45. The summed E-state index contributed by atoms with van der Waals surface area (Å²) in [7, 11) is 0. The van der Waals surface area contributed by atoms with E-state index in [1.165, 1.54) is 0 Å². The third kappa shape index (κ3) is 2.38. The Hall–Kier alpha value is -0.220. The molecule has 0 aliphatic carbocycles. The monoisotopic (exact) mass is 166 g/mol. The minimum absolute atomic E-state index is 0.0880. The Labute approximate surface area is 64.5 Å². The highest BCUT2D eigenvalue weighted by Crippen LogP contribution is 2.23. The van der Waals surface area contributed by atoms with Gasteiger partial charge in [0.05, 0.1) is 19.1 Å². The second-order valence-corrected chi connectivity index (χ2v) is 3.12. The predicted octanol–water partition coefficient (Wildman–Crippen LogP) is 1.65. The number of hydrogen-bond donors (Lipinski definition) is 0. The maximum Gasteiger partial charge on any atom is 0.245 e. The fraction of sp³-hybridized carbons (Fsp3) is 1.00. The summed E-state index contributed by atoms with van der Waals surface area (Å²) in [4.78, 5) is 0. The molecule has 1 rings (SSSR count). The minimum Gasteiger partial charge on any atom is -0.350 e. The molecule has 1 saturated heterocycles. The Morgan fingerprint density at radius 1 is 1.27 bits per heavy atom. The Morgan fingerprint density at radius 2 is 1.73 bits per heavy atom. The number of rotatable bonds is 1. The van der Waals surface area contributed by atoms with Gasteiger partial charge in [-0.25, -0.2) is 8.78 Å². The molecule has 11 heavy (non-hydrogen) atoms. The normalized spacial score (nSPS) is 25.9. The average Bonchev–Trinajstić information content (AvgIpc) is 1.86. The van der Waals surface area contributed by atoms with Gasteiger partial charge in [-0.05, 0) is 13.8 Å². The van der Waals surface area contributed by atoms with Crippen LogP contribution < -0.4 is 0 Å². The first-order valence-corrected chi connectivity index (χ1v) is 3.57. The van der Waals surface area contributed by atoms with Crippen molar-refractivity contribution in [1.29, 1.82) is 0 Å². The van der Waals surface area contributed by atoms with Crippen LogP contribution >= 0.6 is 0 Å². The molecule has 4 heteroatoms. The summed E-state index contributed by atoms with van der Waals surface area (Å²) in [5, 5.41) is 0. The van der Waals surface area contributed by atoms with Gasteiger partial charge < -0.3 is 9.47 Å². The lowest BCUT2D eigenvalue weighted by atomic mass is 10.1. The smallest absolute Gasteiger partial charge is 0.245 e. The number of ether oxygens (including phenoxy) is 2. The van der Waals surface area contributed by atoms with E-state index in [-0.39, 0.29) is 13.2 Å². The van der Waals surface area contributed by atoms with E-state index in [1.807, 2.05) is 0 Å². The minimum atomic E-state index is -2.34. The molecule has 1 aliphatic heterocycles. The van der Waals surface area contributed by atoms with E-state index in [0.717, 1.165) is 0 Å². The van der Waals surface area contributed by atoms with Gasteiger partial charge in [-0.1, -0.05) is 0 Å². The highest BCUT2D eigenvalue weighted by molar-refractivity contribution is 4.68. The zero-order chi connectivity index (χ0) is 8.48. The Morgan fingerprint density at radius 3 is 2.09 bits per heavy atom. The highest BCUT2D eigenvalue weighted by Gasteiger charge is 2.32. The summed E-state index contributed by atoms with van der Waals surface area (Å²) in [6.45, 7) is 3.61. The van der Waals surface area contributed by atoms with Gasteiger partial charge in [0.2, 0.25) is 6.43 Å². The molecule has 1 aliphatic rings. The topological polar surface area (TPSA) is 18.5 Å². The van der Waals surface area contributed by atoms with Crippen LogP contribution in [0.3, 0.4) is 0 Å². The first-order chi connectivity index (χ1) is 5.01. The fourth-order valence-electron chi connectivity index (χ4n) is 0.851. The van der Waals surface area contributed by atoms with Gasteiger partial charge in [0.1, 0.15) is 0 Å². The lowest BCUT2D eigenvalue weighted by Gasteiger charge is -2.34. The van der Waals surface area contributed by atoms with Gasteiger partial charge >= 0.3 is 0 Å². The molecule has 66 valence electrons. The maximum atomic E-state index is 12.0. The first-order valence-electron chi connectivity index (χ1n) is 3.57. The Bertz CT molecular complexity index is 126. The van der Waals surface area contributed by atoms with Crippen molar-refractivity contribution in [3.63, 3.8) is 0 Å².